The minimum Gasteiger partial charge on any atom is -0.326 e. The molecule has 1 amide bonds. The van der Waals surface area contributed by atoms with E-state index in [-0.39, 0.29) is 11.9 Å². The molecule has 0 saturated heterocycles. The molecule has 0 fully saturated rings. The van der Waals surface area contributed by atoms with Gasteiger partial charge in [0.15, 0.2) is 0 Å². The molecule has 1 aliphatic heterocycles. The predicted molar refractivity (Wildman–Crippen MR) is 88.6 cm³/mol. The standard InChI is InChI=1S/C16H14BrClN2O/c17-12-8-11(1-4-13(12)18)16(19)10-2-5-14-9(7-10)3-6-15(21)20-14/h1-2,4-5,7-8,16H,3,6,19H2,(H,20,21). The SMILES string of the molecule is NC(c1ccc(Cl)c(Br)c1)c1ccc2c(c1)CCC(=O)N2. The largest absolute Gasteiger partial charge is 0.326 e. The molecule has 1 heterocycles. The third-order valence-corrected chi connectivity index (χ3v) is 4.90. The molecule has 5 heteroatoms. The topological polar surface area (TPSA) is 55.1 Å². The van der Waals surface area contributed by atoms with Gasteiger partial charge in [0, 0.05) is 16.6 Å². The molecule has 2 aromatic rings. The fourth-order valence-electron chi connectivity index (χ4n) is 2.50. The van der Waals surface area contributed by atoms with E-state index < -0.39 is 0 Å². The van der Waals surface area contributed by atoms with Gasteiger partial charge in [0.1, 0.15) is 0 Å². The fraction of sp³-hybridized carbons (Fsp3) is 0.188. The molecule has 0 aromatic heterocycles. The molecule has 21 heavy (non-hydrogen) atoms. The summed E-state index contributed by atoms with van der Waals surface area (Å²) in [5.41, 5.74) is 10.4. The molecule has 0 radical (unpaired) electrons. The molecule has 1 aliphatic rings. The summed E-state index contributed by atoms with van der Waals surface area (Å²) in [6, 6.07) is 11.4. The Morgan fingerprint density at radius 2 is 1.86 bits per heavy atom. The molecule has 0 spiro atoms. The number of halogens is 2. The monoisotopic (exact) mass is 364 g/mol. The van der Waals surface area contributed by atoms with Crippen molar-refractivity contribution in [1.29, 1.82) is 0 Å². The van der Waals surface area contributed by atoms with Crippen LogP contribution in [0, 0.1) is 0 Å². The predicted octanol–water partition coefficient (Wildman–Crippen LogP) is 4.04. The maximum atomic E-state index is 11.4. The van der Waals surface area contributed by atoms with Crippen LogP contribution in [0.2, 0.25) is 5.02 Å². The molecular formula is C16H14BrClN2O. The number of nitrogens with two attached hydrogens (primary N) is 1. The average molecular weight is 366 g/mol. The Morgan fingerprint density at radius 1 is 1.14 bits per heavy atom. The number of amides is 1. The van der Waals surface area contributed by atoms with Crippen LogP contribution in [-0.4, -0.2) is 5.91 Å². The molecule has 3 nitrogen and oxygen atoms in total. The molecule has 3 N–H and O–H groups in total. The van der Waals surface area contributed by atoms with Crippen LogP contribution >= 0.6 is 27.5 Å². The molecule has 1 atom stereocenters. The van der Waals surface area contributed by atoms with E-state index in [0.29, 0.717) is 11.4 Å². The quantitative estimate of drug-likeness (QED) is 0.844. The van der Waals surface area contributed by atoms with E-state index in [2.05, 4.69) is 27.3 Å². The minimum absolute atomic E-state index is 0.0705. The van der Waals surface area contributed by atoms with E-state index >= 15 is 0 Å². The number of carbonyl (C=O) groups is 1. The van der Waals surface area contributed by atoms with E-state index in [9.17, 15) is 4.79 Å². The van der Waals surface area contributed by atoms with Crippen molar-refractivity contribution in [1.82, 2.24) is 0 Å². The number of aryl methyl sites for hydroxylation is 1. The Morgan fingerprint density at radius 3 is 2.62 bits per heavy atom. The van der Waals surface area contributed by atoms with Crippen LogP contribution in [0.25, 0.3) is 0 Å². The lowest BCUT2D eigenvalue weighted by molar-refractivity contribution is -0.116. The Labute approximate surface area is 136 Å². The Bertz CT molecular complexity index is 717. The van der Waals surface area contributed by atoms with Crippen LogP contribution in [0.15, 0.2) is 40.9 Å². The van der Waals surface area contributed by atoms with Crippen molar-refractivity contribution in [3.05, 3.63) is 62.6 Å². The number of hydrogen-bond acceptors (Lipinski definition) is 2. The van der Waals surface area contributed by atoms with Gasteiger partial charge in [-0.05, 0) is 57.2 Å². The van der Waals surface area contributed by atoms with Crippen LogP contribution in [0.4, 0.5) is 5.69 Å². The third kappa shape index (κ3) is 2.98. The van der Waals surface area contributed by atoms with Crippen molar-refractivity contribution in [3.8, 4) is 0 Å². The van der Waals surface area contributed by atoms with Gasteiger partial charge in [-0.1, -0.05) is 29.8 Å². The highest BCUT2D eigenvalue weighted by Gasteiger charge is 2.17. The normalized spacial score (nSPS) is 15.3. The summed E-state index contributed by atoms with van der Waals surface area (Å²) in [4.78, 5) is 11.4. The second-order valence-electron chi connectivity index (χ2n) is 5.12. The second-order valence-corrected chi connectivity index (χ2v) is 6.38. The fourth-order valence-corrected chi connectivity index (χ4v) is 3.01. The first-order chi connectivity index (χ1) is 10.0. The zero-order valence-electron chi connectivity index (χ0n) is 11.2. The smallest absolute Gasteiger partial charge is 0.224 e. The van der Waals surface area contributed by atoms with Gasteiger partial charge < -0.3 is 11.1 Å². The van der Waals surface area contributed by atoms with Crippen molar-refractivity contribution in [2.75, 3.05) is 5.32 Å². The Balaban J connectivity index is 1.93. The minimum atomic E-state index is -0.221. The first-order valence-corrected chi connectivity index (χ1v) is 7.85. The summed E-state index contributed by atoms with van der Waals surface area (Å²) in [5.74, 6) is 0.0705. The number of nitrogens with one attached hydrogen (secondary N) is 1. The Hall–Kier alpha value is -1.36. The highest BCUT2D eigenvalue weighted by Crippen LogP contribution is 2.30. The van der Waals surface area contributed by atoms with Gasteiger partial charge in [0.25, 0.3) is 0 Å². The van der Waals surface area contributed by atoms with Crippen molar-refractivity contribution in [2.45, 2.75) is 18.9 Å². The molecule has 108 valence electrons. The van der Waals surface area contributed by atoms with E-state index in [0.717, 1.165) is 33.3 Å². The molecule has 0 bridgehead atoms. The van der Waals surface area contributed by atoms with Crippen molar-refractivity contribution < 1.29 is 4.79 Å². The maximum absolute atomic E-state index is 11.4. The number of anilines is 1. The van der Waals surface area contributed by atoms with Gasteiger partial charge in [-0.3, -0.25) is 4.79 Å². The molecule has 0 saturated carbocycles. The molecule has 2 aromatic carbocycles. The molecule has 0 aliphatic carbocycles. The van der Waals surface area contributed by atoms with Crippen molar-refractivity contribution >= 4 is 39.1 Å². The van der Waals surface area contributed by atoms with E-state index in [4.69, 9.17) is 17.3 Å². The number of carbonyl (C=O) groups excluding carboxylic acids is 1. The number of hydrogen-bond donors (Lipinski definition) is 2. The summed E-state index contributed by atoms with van der Waals surface area (Å²) in [7, 11) is 0. The highest BCUT2D eigenvalue weighted by molar-refractivity contribution is 9.10. The van der Waals surface area contributed by atoms with Crippen LogP contribution in [0.5, 0.6) is 0 Å². The van der Waals surface area contributed by atoms with Crippen LogP contribution in [0.3, 0.4) is 0 Å². The van der Waals surface area contributed by atoms with Crippen LogP contribution in [-0.2, 0) is 11.2 Å². The van der Waals surface area contributed by atoms with E-state index in [1.807, 2.05) is 30.3 Å². The number of fused-ring (bicyclic) bond motifs is 1. The van der Waals surface area contributed by atoms with Gasteiger partial charge in [-0.2, -0.15) is 0 Å². The van der Waals surface area contributed by atoms with Gasteiger partial charge in [-0.25, -0.2) is 0 Å². The summed E-state index contributed by atoms with van der Waals surface area (Å²) >= 11 is 9.43. The van der Waals surface area contributed by atoms with Crippen molar-refractivity contribution in [3.63, 3.8) is 0 Å². The van der Waals surface area contributed by atoms with Gasteiger partial charge in [0.2, 0.25) is 5.91 Å². The van der Waals surface area contributed by atoms with Gasteiger partial charge in [-0.15, -0.1) is 0 Å². The summed E-state index contributed by atoms with van der Waals surface area (Å²) in [6.07, 6.45) is 1.28. The maximum Gasteiger partial charge on any atom is 0.224 e. The summed E-state index contributed by atoms with van der Waals surface area (Å²) in [5, 5.41) is 3.54. The molecular weight excluding hydrogens is 352 g/mol. The van der Waals surface area contributed by atoms with E-state index in [1.165, 1.54) is 0 Å². The Kier molecular flexibility index (Phi) is 4.02. The number of benzene rings is 2. The van der Waals surface area contributed by atoms with E-state index in [1.54, 1.807) is 0 Å². The summed E-state index contributed by atoms with van der Waals surface area (Å²) < 4.78 is 0.836. The lowest BCUT2D eigenvalue weighted by Gasteiger charge is -2.20. The summed E-state index contributed by atoms with van der Waals surface area (Å²) in [6.45, 7) is 0. The van der Waals surface area contributed by atoms with Gasteiger partial charge >= 0.3 is 0 Å². The lowest BCUT2D eigenvalue weighted by atomic mass is 9.94. The molecule has 3 rings (SSSR count). The highest BCUT2D eigenvalue weighted by atomic mass is 79.9. The lowest BCUT2D eigenvalue weighted by Crippen LogP contribution is -2.20. The third-order valence-electron chi connectivity index (χ3n) is 3.69. The van der Waals surface area contributed by atoms with Crippen molar-refractivity contribution in [2.24, 2.45) is 5.73 Å². The second kappa shape index (κ2) is 5.79. The zero-order chi connectivity index (χ0) is 15.0. The average Bonchev–Trinajstić information content (AvgIpc) is 2.49. The number of rotatable bonds is 2. The first kappa shape index (κ1) is 14.6. The first-order valence-electron chi connectivity index (χ1n) is 6.68. The van der Waals surface area contributed by atoms with Crippen LogP contribution < -0.4 is 11.1 Å². The zero-order valence-corrected chi connectivity index (χ0v) is 13.5. The van der Waals surface area contributed by atoms with Gasteiger partial charge in [0.05, 0.1) is 11.1 Å². The van der Waals surface area contributed by atoms with Crippen LogP contribution in [0.1, 0.15) is 29.2 Å². The molecule has 1 unspecified atom stereocenters.